The van der Waals surface area contributed by atoms with Crippen molar-refractivity contribution in [2.24, 2.45) is 11.5 Å². The summed E-state index contributed by atoms with van der Waals surface area (Å²) in [5.41, 5.74) is 11.6. The van der Waals surface area contributed by atoms with E-state index in [0.29, 0.717) is 6.61 Å². The normalized spacial score (nSPS) is 36.0. The van der Waals surface area contributed by atoms with Crippen molar-refractivity contribution in [2.45, 2.75) is 152 Å². The van der Waals surface area contributed by atoms with Gasteiger partial charge in [0, 0.05) is 13.2 Å². The molecule has 0 spiro atoms. The molecule has 2 heterocycles. The number of hydrogen-bond donors (Lipinski definition) is 7. The Kier molecular flexibility index (Phi) is 16.7. The van der Waals surface area contributed by atoms with Gasteiger partial charge in [0.2, 0.25) is 0 Å². The summed E-state index contributed by atoms with van der Waals surface area (Å²) in [5.74, 6) is 0. The lowest BCUT2D eigenvalue weighted by molar-refractivity contribution is -0.316. The first-order valence-electron chi connectivity index (χ1n) is 14.7. The van der Waals surface area contributed by atoms with Crippen molar-refractivity contribution in [1.29, 1.82) is 0 Å². The zero-order valence-corrected chi connectivity index (χ0v) is 23.1. The average molecular weight is 551 g/mol. The molecule has 0 aliphatic carbocycles. The van der Waals surface area contributed by atoms with E-state index in [-0.39, 0.29) is 13.2 Å². The molecule has 2 saturated heterocycles. The van der Waals surface area contributed by atoms with Gasteiger partial charge in [-0.15, -0.1) is 0 Å². The Labute approximate surface area is 227 Å². The Morgan fingerprint density at radius 1 is 0.579 bits per heavy atom. The van der Waals surface area contributed by atoms with Crippen LogP contribution in [-0.2, 0) is 18.9 Å². The molecule has 0 bridgehead atoms. The maximum atomic E-state index is 10.4. The van der Waals surface area contributed by atoms with E-state index in [1.54, 1.807) is 0 Å². The third-order valence-electron chi connectivity index (χ3n) is 7.60. The number of hydrogen-bond acceptors (Lipinski definition) is 11. The quantitative estimate of drug-likeness (QED) is 0.112. The van der Waals surface area contributed by atoms with E-state index in [2.05, 4.69) is 6.92 Å². The fourth-order valence-corrected chi connectivity index (χ4v) is 5.00. The van der Waals surface area contributed by atoms with E-state index < -0.39 is 61.3 Å². The molecule has 11 nitrogen and oxygen atoms in total. The van der Waals surface area contributed by atoms with Crippen LogP contribution in [0.25, 0.3) is 0 Å². The molecule has 11 heteroatoms. The van der Waals surface area contributed by atoms with Gasteiger partial charge in [0.15, 0.2) is 12.6 Å². The summed E-state index contributed by atoms with van der Waals surface area (Å²) in [5, 5.41) is 50.9. The van der Waals surface area contributed by atoms with E-state index in [1.165, 1.54) is 64.2 Å². The van der Waals surface area contributed by atoms with Crippen molar-refractivity contribution in [2.75, 3.05) is 19.8 Å². The third-order valence-corrected chi connectivity index (χ3v) is 7.60. The van der Waals surface area contributed by atoms with Gasteiger partial charge < -0.3 is 55.9 Å². The molecule has 2 unspecified atom stereocenters. The van der Waals surface area contributed by atoms with Gasteiger partial charge in [0.1, 0.15) is 42.7 Å². The molecular formula is C27H54N2O9. The Morgan fingerprint density at radius 2 is 1.08 bits per heavy atom. The van der Waals surface area contributed by atoms with Crippen LogP contribution in [0.5, 0.6) is 0 Å². The molecule has 2 rings (SSSR count). The molecule has 0 aromatic carbocycles. The van der Waals surface area contributed by atoms with E-state index in [1.807, 2.05) is 0 Å². The van der Waals surface area contributed by atoms with Crippen LogP contribution in [0, 0.1) is 0 Å². The summed E-state index contributed by atoms with van der Waals surface area (Å²) in [6.07, 6.45) is 5.04. The second-order valence-corrected chi connectivity index (χ2v) is 10.8. The minimum Gasteiger partial charge on any atom is -0.388 e. The minimum atomic E-state index is -1.52. The standard InChI is InChI=1S/C27H54N2O9/c1-2-3-4-5-6-7-8-9-10-11-12-13-14-15-35-26-20(29)23(32)22(31)19(38-26)17-36-27-25(34)24(33)21(30)18(16-28)37-27/h18-27,30-34H,2-17,28-29H2,1H3/t18-,19-,20-,21+,22-,23-,24+,25-,26?,27?/m1/s1. The summed E-state index contributed by atoms with van der Waals surface area (Å²) in [4.78, 5) is 0. The van der Waals surface area contributed by atoms with Gasteiger partial charge in [-0.3, -0.25) is 0 Å². The lowest BCUT2D eigenvalue weighted by Crippen LogP contribution is -2.63. The van der Waals surface area contributed by atoms with Crippen molar-refractivity contribution in [3.63, 3.8) is 0 Å². The van der Waals surface area contributed by atoms with Gasteiger partial charge in [-0.05, 0) is 6.42 Å². The van der Waals surface area contributed by atoms with Crippen LogP contribution in [0.1, 0.15) is 90.4 Å². The average Bonchev–Trinajstić information content (AvgIpc) is 2.92. The number of aliphatic hydroxyl groups excluding tert-OH is 5. The van der Waals surface area contributed by atoms with Crippen molar-refractivity contribution >= 4 is 0 Å². The highest BCUT2D eigenvalue weighted by Crippen LogP contribution is 2.25. The summed E-state index contributed by atoms with van der Waals surface area (Å²) < 4.78 is 22.5. The second kappa shape index (κ2) is 18.8. The number of nitrogens with two attached hydrogens (primary N) is 2. The highest BCUT2D eigenvalue weighted by atomic mass is 16.7. The van der Waals surface area contributed by atoms with Gasteiger partial charge in [-0.25, -0.2) is 0 Å². The zero-order chi connectivity index (χ0) is 27.9. The van der Waals surface area contributed by atoms with Crippen molar-refractivity contribution in [1.82, 2.24) is 0 Å². The summed E-state index contributed by atoms with van der Waals surface area (Å²) in [7, 11) is 0. The van der Waals surface area contributed by atoms with Gasteiger partial charge in [0.05, 0.1) is 12.6 Å². The number of ether oxygens (including phenoxy) is 4. The zero-order valence-electron chi connectivity index (χ0n) is 23.1. The lowest BCUT2D eigenvalue weighted by Gasteiger charge is -2.43. The summed E-state index contributed by atoms with van der Waals surface area (Å²) >= 11 is 0. The van der Waals surface area contributed by atoms with Crippen LogP contribution in [0.2, 0.25) is 0 Å². The van der Waals surface area contributed by atoms with Gasteiger partial charge in [-0.2, -0.15) is 0 Å². The summed E-state index contributed by atoms with van der Waals surface area (Å²) in [6.45, 7) is 2.30. The van der Waals surface area contributed by atoms with E-state index in [4.69, 9.17) is 30.4 Å². The maximum Gasteiger partial charge on any atom is 0.186 e. The molecule has 0 amide bonds. The second-order valence-electron chi connectivity index (χ2n) is 10.8. The molecule has 226 valence electrons. The van der Waals surface area contributed by atoms with Gasteiger partial charge >= 0.3 is 0 Å². The maximum absolute atomic E-state index is 10.4. The van der Waals surface area contributed by atoms with Crippen LogP contribution in [0.3, 0.4) is 0 Å². The SMILES string of the molecule is CCCCCCCCCCCCCCCOC1O[C@H](COC2O[C@H](CN)[C@H](O)[C@H](O)[C@H]2O)[C@@H](O)[C@H](O)[C@H]1N. The van der Waals surface area contributed by atoms with Crippen LogP contribution in [-0.4, -0.2) is 107 Å². The molecule has 2 aliphatic heterocycles. The molecular weight excluding hydrogens is 496 g/mol. The largest absolute Gasteiger partial charge is 0.388 e. The first kappa shape index (κ1) is 33.8. The molecule has 10 atom stereocenters. The predicted molar refractivity (Wildman–Crippen MR) is 142 cm³/mol. The highest BCUT2D eigenvalue weighted by Gasteiger charge is 2.46. The Balaban J connectivity index is 1.61. The third kappa shape index (κ3) is 10.9. The van der Waals surface area contributed by atoms with E-state index in [9.17, 15) is 25.5 Å². The fourth-order valence-electron chi connectivity index (χ4n) is 5.00. The number of rotatable bonds is 19. The topological polar surface area (TPSA) is 190 Å². The smallest absolute Gasteiger partial charge is 0.186 e. The summed E-state index contributed by atoms with van der Waals surface area (Å²) in [6, 6.07) is -0.932. The molecule has 2 fully saturated rings. The minimum absolute atomic E-state index is 0.0873. The molecule has 38 heavy (non-hydrogen) atoms. The van der Waals surface area contributed by atoms with E-state index >= 15 is 0 Å². The first-order valence-corrected chi connectivity index (χ1v) is 14.7. The highest BCUT2D eigenvalue weighted by molar-refractivity contribution is 4.93. The van der Waals surface area contributed by atoms with Crippen LogP contribution >= 0.6 is 0 Å². The number of aliphatic hydroxyl groups is 5. The number of unbranched alkanes of at least 4 members (excludes halogenated alkanes) is 12. The van der Waals surface area contributed by atoms with Crippen LogP contribution < -0.4 is 11.5 Å². The molecule has 0 aromatic rings. The lowest BCUT2D eigenvalue weighted by atomic mass is 9.97. The van der Waals surface area contributed by atoms with Crippen molar-refractivity contribution < 1.29 is 44.5 Å². The molecule has 0 radical (unpaired) electrons. The molecule has 9 N–H and O–H groups in total. The van der Waals surface area contributed by atoms with Crippen LogP contribution in [0.15, 0.2) is 0 Å². The van der Waals surface area contributed by atoms with Crippen molar-refractivity contribution in [3.05, 3.63) is 0 Å². The van der Waals surface area contributed by atoms with Crippen LogP contribution in [0.4, 0.5) is 0 Å². The van der Waals surface area contributed by atoms with Gasteiger partial charge in [-0.1, -0.05) is 84.0 Å². The molecule has 0 saturated carbocycles. The van der Waals surface area contributed by atoms with Crippen molar-refractivity contribution in [3.8, 4) is 0 Å². The predicted octanol–water partition coefficient (Wildman–Crippen LogP) is 0.651. The molecule has 2 aliphatic rings. The Morgan fingerprint density at radius 3 is 1.63 bits per heavy atom. The monoisotopic (exact) mass is 550 g/mol. The Bertz CT molecular complexity index is 603. The van der Waals surface area contributed by atoms with Gasteiger partial charge in [0.25, 0.3) is 0 Å². The fraction of sp³-hybridized carbons (Fsp3) is 1.00. The Hall–Kier alpha value is -0.440. The molecule has 0 aromatic heterocycles. The first-order chi connectivity index (χ1) is 18.3. The van der Waals surface area contributed by atoms with E-state index in [0.717, 1.165) is 19.3 Å².